The van der Waals surface area contributed by atoms with E-state index in [9.17, 15) is 8.78 Å². The van der Waals surface area contributed by atoms with Gasteiger partial charge in [-0.3, -0.25) is 0 Å². The topological polar surface area (TPSA) is 12.0 Å². The van der Waals surface area contributed by atoms with Crippen LogP contribution in [0.15, 0.2) is 0 Å². The Kier molecular flexibility index (Phi) is 3.24. The van der Waals surface area contributed by atoms with Gasteiger partial charge in [-0.15, -0.1) is 0 Å². The average Bonchev–Trinajstić information content (AvgIpc) is 2.39. The molecule has 0 amide bonds. The van der Waals surface area contributed by atoms with Crippen LogP contribution in [-0.2, 0) is 0 Å². The summed E-state index contributed by atoms with van der Waals surface area (Å²) in [6, 6.07) is -0.294. The van der Waals surface area contributed by atoms with Gasteiger partial charge in [-0.1, -0.05) is 12.8 Å². The van der Waals surface area contributed by atoms with Crippen molar-refractivity contribution in [3.8, 4) is 0 Å². The van der Waals surface area contributed by atoms with Gasteiger partial charge in [-0.2, -0.15) is 0 Å². The summed E-state index contributed by atoms with van der Waals surface area (Å²) in [6.45, 7) is 1.54. The first-order valence-corrected chi connectivity index (χ1v) is 4.24. The van der Waals surface area contributed by atoms with E-state index in [4.69, 9.17) is 0 Å². The van der Waals surface area contributed by atoms with Crippen molar-refractivity contribution in [3.05, 3.63) is 0 Å². The number of nitrogens with one attached hydrogen (secondary N) is 1. The van der Waals surface area contributed by atoms with E-state index in [1.807, 2.05) is 0 Å². The van der Waals surface area contributed by atoms with Crippen molar-refractivity contribution in [2.75, 3.05) is 0 Å². The minimum atomic E-state index is -2.23. The summed E-state index contributed by atoms with van der Waals surface area (Å²) < 4.78 is 24.0. The van der Waals surface area contributed by atoms with Gasteiger partial charge in [0, 0.05) is 6.04 Å². The van der Waals surface area contributed by atoms with E-state index in [1.54, 1.807) is 6.92 Å². The molecule has 0 aromatic carbocycles. The second kappa shape index (κ2) is 4.00. The van der Waals surface area contributed by atoms with Crippen molar-refractivity contribution in [2.24, 2.45) is 0 Å². The fourth-order valence-corrected chi connectivity index (χ4v) is 1.54. The first kappa shape index (κ1) is 8.91. The smallest absolute Gasteiger partial charge is 0.253 e. The predicted molar refractivity (Wildman–Crippen MR) is 40.9 cm³/mol. The van der Waals surface area contributed by atoms with Gasteiger partial charge in [-0.05, 0) is 19.8 Å². The molecule has 1 saturated carbocycles. The molecule has 0 aromatic heterocycles. The molecule has 1 atom stereocenters. The maximum absolute atomic E-state index is 12.0. The Morgan fingerprint density at radius 1 is 1.27 bits per heavy atom. The molecule has 1 rings (SSSR count). The third-order valence-corrected chi connectivity index (χ3v) is 2.23. The van der Waals surface area contributed by atoms with Crippen molar-refractivity contribution in [2.45, 2.75) is 51.1 Å². The third-order valence-electron chi connectivity index (χ3n) is 2.23. The van der Waals surface area contributed by atoms with E-state index in [2.05, 4.69) is 5.32 Å². The Morgan fingerprint density at radius 2 is 1.82 bits per heavy atom. The van der Waals surface area contributed by atoms with E-state index >= 15 is 0 Å². The second-order valence-electron chi connectivity index (χ2n) is 3.27. The molecule has 0 aromatic rings. The molecule has 1 nitrogen and oxygen atoms in total. The Labute approximate surface area is 66.2 Å². The monoisotopic (exact) mass is 163 g/mol. The molecule has 0 bridgehead atoms. The van der Waals surface area contributed by atoms with Crippen molar-refractivity contribution < 1.29 is 8.78 Å². The maximum Gasteiger partial charge on any atom is 0.253 e. The van der Waals surface area contributed by atoms with Crippen LogP contribution >= 0.6 is 0 Å². The minimum absolute atomic E-state index is 0.346. The van der Waals surface area contributed by atoms with Crippen LogP contribution in [0.25, 0.3) is 0 Å². The normalized spacial score (nSPS) is 22.9. The van der Waals surface area contributed by atoms with Gasteiger partial charge in [0.2, 0.25) is 0 Å². The van der Waals surface area contributed by atoms with Crippen LogP contribution in [0, 0.1) is 0 Å². The lowest BCUT2D eigenvalue weighted by Gasteiger charge is -2.17. The van der Waals surface area contributed by atoms with Crippen LogP contribution in [0.4, 0.5) is 8.78 Å². The zero-order valence-electron chi connectivity index (χ0n) is 6.82. The molecule has 66 valence electrons. The highest BCUT2D eigenvalue weighted by atomic mass is 19.3. The zero-order chi connectivity index (χ0) is 8.27. The first-order chi connectivity index (χ1) is 5.20. The second-order valence-corrected chi connectivity index (χ2v) is 3.27. The quantitative estimate of drug-likeness (QED) is 0.672. The Morgan fingerprint density at radius 3 is 2.27 bits per heavy atom. The molecular formula is C8H15F2N. The number of alkyl halides is 2. The standard InChI is InChI=1S/C8H15F2N/c1-6(8(9)10)11-7-4-2-3-5-7/h6-8,11H,2-5H2,1H3. The summed E-state index contributed by atoms with van der Waals surface area (Å²) in [5.41, 5.74) is 0. The highest BCUT2D eigenvalue weighted by Gasteiger charge is 2.21. The number of hydrogen-bond donors (Lipinski definition) is 1. The van der Waals surface area contributed by atoms with Gasteiger partial charge in [0.15, 0.2) is 0 Å². The minimum Gasteiger partial charge on any atom is -0.306 e. The molecule has 1 N–H and O–H groups in total. The van der Waals surface area contributed by atoms with Crippen LogP contribution in [0.2, 0.25) is 0 Å². The first-order valence-electron chi connectivity index (χ1n) is 4.24. The number of halogens is 2. The van der Waals surface area contributed by atoms with Gasteiger partial charge in [0.05, 0.1) is 6.04 Å². The summed E-state index contributed by atoms with van der Waals surface area (Å²) in [7, 11) is 0. The molecule has 0 heterocycles. The summed E-state index contributed by atoms with van der Waals surface area (Å²) in [5, 5.41) is 2.93. The average molecular weight is 163 g/mol. The Bertz CT molecular complexity index is 111. The molecule has 1 unspecified atom stereocenters. The highest BCUT2D eigenvalue weighted by Crippen LogP contribution is 2.18. The van der Waals surface area contributed by atoms with E-state index in [-0.39, 0.29) is 0 Å². The largest absolute Gasteiger partial charge is 0.306 e. The molecule has 0 radical (unpaired) electrons. The molecule has 1 aliphatic carbocycles. The van der Waals surface area contributed by atoms with E-state index in [0.717, 1.165) is 12.8 Å². The summed E-state index contributed by atoms with van der Waals surface area (Å²) in [5.74, 6) is 0. The van der Waals surface area contributed by atoms with Crippen LogP contribution < -0.4 is 5.32 Å². The Balaban J connectivity index is 2.18. The van der Waals surface area contributed by atoms with Gasteiger partial charge >= 0.3 is 0 Å². The summed E-state index contributed by atoms with van der Waals surface area (Å²) in [4.78, 5) is 0. The molecule has 3 heteroatoms. The SMILES string of the molecule is CC(NC1CCCC1)C(F)F. The molecule has 11 heavy (non-hydrogen) atoms. The summed E-state index contributed by atoms with van der Waals surface area (Å²) in [6.07, 6.45) is 2.28. The molecule has 0 aliphatic heterocycles. The molecular weight excluding hydrogens is 148 g/mol. The van der Waals surface area contributed by atoms with Gasteiger partial charge in [0.25, 0.3) is 6.43 Å². The zero-order valence-corrected chi connectivity index (χ0v) is 6.82. The van der Waals surface area contributed by atoms with Gasteiger partial charge < -0.3 is 5.32 Å². The lowest BCUT2D eigenvalue weighted by Crippen LogP contribution is -2.39. The third kappa shape index (κ3) is 2.73. The lowest BCUT2D eigenvalue weighted by atomic mass is 10.2. The molecule has 1 aliphatic rings. The summed E-state index contributed by atoms with van der Waals surface area (Å²) >= 11 is 0. The van der Waals surface area contributed by atoms with Crippen LogP contribution in [-0.4, -0.2) is 18.5 Å². The number of hydrogen-bond acceptors (Lipinski definition) is 1. The van der Waals surface area contributed by atoms with Crippen molar-refractivity contribution in [1.29, 1.82) is 0 Å². The van der Waals surface area contributed by atoms with Gasteiger partial charge in [0.1, 0.15) is 0 Å². The highest BCUT2D eigenvalue weighted by molar-refractivity contribution is 4.77. The fourth-order valence-electron chi connectivity index (χ4n) is 1.54. The van der Waals surface area contributed by atoms with Crippen LogP contribution in [0.1, 0.15) is 32.6 Å². The van der Waals surface area contributed by atoms with E-state index in [0.29, 0.717) is 6.04 Å². The molecule has 0 saturated heterocycles. The molecule has 1 fully saturated rings. The lowest BCUT2D eigenvalue weighted by molar-refractivity contribution is 0.100. The van der Waals surface area contributed by atoms with Crippen LogP contribution in [0.3, 0.4) is 0 Å². The van der Waals surface area contributed by atoms with Crippen molar-refractivity contribution in [3.63, 3.8) is 0 Å². The van der Waals surface area contributed by atoms with Crippen molar-refractivity contribution >= 4 is 0 Å². The number of rotatable bonds is 3. The van der Waals surface area contributed by atoms with E-state index in [1.165, 1.54) is 12.8 Å². The van der Waals surface area contributed by atoms with Crippen LogP contribution in [0.5, 0.6) is 0 Å². The van der Waals surface area contributed by atoms with E-state index < -0.39 is 12.5 Å². The maximum atomic E-state index is 12.0. The Hall–Kier alpha value is -0.180. The van der Waals surface area contributed by atoms with Crippen molar-refractivity contribution in [1.82, 2.24) is 5.32 Å². The molecule has 0 spiro atoms. The predicted octanol–water partition coefficient (Wildman–Crippen LogP) is 2.17. The fraction of sp³-hybridized carbons (Fsp3) is 1.00. The van der Waals surface area contributed by atoms with Gasteiger partial charge in [-0.25, -0.2) is 8.78 Å².